The van der Waals surface area contributed by atoms with Gasteiger partial charge in [0.15, 0.2) is 6.61 Å². The van der Waals surface area contributed by atoms with Crippen LogP contribution in [0.3, 0.4) is 0 Å². The number of hydrogen-bond donors (Lipinski definition) is 1. The summed E-state index contributed by atoms with van der Waals surface area (Å²) in [4.78, 5) is 40.2. The average molecular weight is 420 g/mol. The average Bonchev–Trinajstić information content (AvgIpc) is 3.23. The van der Waals surface area contributed by atoms with Crippen LogP contribution in [0.25, 0.3) is 0 Å². The number of nitrogens with one attached hydrogen (secondary N) is 1. The first-order valence-corrected chi connectivity index (χ1v) is 10.8. The van der Waals surface area contributed by atoms with Gasteiger partial charge in [0.1, 0.15) is 6.04 Å². The predicted molar refractivity (Wildman–Crippen MR) is 110 cm³/mol. The van der Waals surface area contributed by atoms with E-state index >= 15 is 0 Å². The van der Waals surface area contributed by atoms with Crippen molar-refractivity contribution in [2.75, 3.05) is 48.9 Å². The van der Waals surface area contributed by atoms with Gasteiger partial charge >= 0.3 is 5.97 Å². The zero-order valence-electron chi connectivity index (χ0n) is 16.4. The van der Waals surface area contributed by atoms with Gasteiger partial charge in [-0.15, -0.1) is 11.8 Å². The highest BCUT2D eigenvalue weighted by Crippen LogP contribution is 2.47. The fraction of sp³-hybridized carbons (Fsp3) is 0.550. The number of carbonyl (C=O) groups is 3. The summed E-state index contributed by atoms with van der Waals surface area (Å²) in [5.41, 5.74) is 1.72. The molecule has 3 heterocycles. The Kier molecular flexibility index (Phi) is 5.69. The molecule has 4 rings (SSSR count). The molecule has 1 aromatic carbocycles. The zero-order valence-corrected chi connectivity index (χ0v) is 17.2. The monoisotopic (exact) mass is 419 g/mol. The van der Waals surface area contributed by atoms with E-state index < -0.39 is 17.9 Å². The quantitative estimate of drug-likeness (QED) is 0.723. The van der Waals surface area contributed by atoms with Gasteiger partial charge < -0.3 is 24.6 Å². The van der Waals surface area contributed by atoms with Crippen LogP contribution in [0, 0.1) is 0 Å². The minimum absolute atomic E-state index is 0.0238. The summed E-state index contributed by atoms with van der Waals surface area (Å²) < 4.78 is 10.6. The van der Waals surface area contributed by atoms with E-state index in [1.807, 2.05) is 31.2 Å². The predicted octanol–water partition coefficient (Wildman–Crippen LogP) is 1.46. The van der Waals surface area contributed by atoms with E-state index in [1.54, 1.807) is 16.7 Å². The standard InChI is InChI=1S/C20H25N3O5S/c1-20-7-6-18(25)23(20)16(13-29-20)19(26)28-12-17(24)21-14-2-4-15(5-3-14)22-8-10-27-11-9-22/h2-5,16H,6-13H2,1H3,(H,21,24)/t16-,20-/m1/s1. The Hall–Kier alpha value is -2.26. The highest BCUT2D eigenvalue weighted by Gasteiger charge is 2.53. The normalized spacial score (nSPS) is 26.4. The fourth-order valence-corrected chi connectivity index (χ4v) is 5.42. The molecule has 9 heteroatoms. The van der Waals surface area contributed by atoms with Gasteiger partial charge in [-0.25, -0.2) is 4.79 Å². The lowest BCUT2D eigenvalue weighted by Crippen LogP contribution is -2.47. The Morgan fingerprint density at radius 3 is 2.72 bits per heavy atom. The lowest BCUT2D eigenvalue weighted by atomic mass is 10.2. The van der Waals surface area contributed by atoms with E-state index in [-0.39, 0.29) is 17.4 Å². The Morgan fingerprint density at radius 1 is 1.28 bits per heavy atom. The second kappa shape index (κ2) is 8.23. The minimum Gasteiger partial charge on any atom is -0.454 e. The van der Waals surface area contributed by atoms with Crippen LogP contribution >= 0.6 is 11.8 Å². The van der Waals surface area contributed by atoms with Gasteiger partial charge in [-0.2, -0.15) is 0 Å². The first-order chi connectivity index (χ1) is 14.0. The Morgan fingerprint density at radius 2 is 2.00 bits per heavy atom. The smallest absolute Gasteiger partial charge is 0.330 e. The number of carbonyl (C=O) groups excluding carboxylic acids is 3. The number of rotatable bonds is 5. The van der Waals surface area contributed by atoms with Crippen LogP contribution in [0.15, 0.2) is 24.3 Å². The van der Waals surface area contributed by atoms with Crippen molar-refractivity contribution in [3.8, 4) is 0 Å². The van der Waals surface area contributed by atoms with Crippen LogP contribution in [0.4, 0.5) is 11.4 Å². The first kappa shape index (κ1) is 20.0. The molecule has 2 atom stereocenters. The second-order valence-electron chi connectivity index (χ2n) is 7.57. The molecule has 156 valence electrons. The van der Waals surface area contributed by atoms with Gasteiger partial charge in [0, 0.05) is 36.6 Å². The lowest BCUT2D eigenvalue weighted by Gasteiger charge is -2.29. The summed E-state index contributed by atoms with van der Waals surface area (Å²) in [7, 11) is 0. The fourth-order valence-electron chi connectivity index (χ4n) is 4.00. The summed E-state index contributed by atoms with van der Waals surface area (Å²) in [6, 6.07) is 6.94. The molecule has 2 amide bonds. The number of hydrogen-bond acceptors (Lipinski definition) is 7. The number of thioether (sulfide) groups is 1. The van der Waals surface area contributed by atoms with Crippen molar-refractivity contribution in [3.63, 3.8) is 0 Å². The van der Waals surface area contributed by atoms with Gasteiger partial charge in [-0.3, -0.25) is 9.59 Å². The highest BCUT2D eigenvalue weighted by molar-refractivity contribution is 8.01. The van der Waals surface area contributed by atoms with Crippen LogP contribution in [-0.4, -0.2) is 72.3 Å². The van der Waals surface area contributed by atoms with Crippen LogP contribution < -0.4 is 10.2 Å². The largest absolute Gasteiger partial charge is 0.454 e. The molecule has 3 aliphatic rings. The van der Waals surface area contributed by atoms with Gasteiger partial charge in [0.25, 0.3) is 5.91 Å². The molecule has 0 spiro atoms. The Labute approximate surface area is 173 Å². The number of amides is 2. The van der Waals surface area contributed by atoms with Crippen molar-refractivity contribution in [2.24, 2.45) is 0 Å². The molecule has 8 nitrogen and oxygen atoms in total. The SMILES string of the molecule is C[C@@]12CCC(=O)N1[C@@H](C(=O)OCC(=O)Nc1ccc(N3CCOCC3)cc1)CS2. The molecular weight excluding hydrogens is 394 g/mol. The number of anilines is 2. The van der Waals surface area contributed by atoms with Gasteiger partial charge in [-0.05, 0) is 37.6 Å². The number of ether oxygens (including phenoxy) is 2. The number of fused-ring (bicyclic) bond motifs is 1. The van der Waals surface area contributed by atoms with Crippen LogP contribution in [0.2, 0.25) is 0 Å². The molecule has 1 aromatic rings. The molecule has 0 saturated carbocycles. The summed E-state index contributed by atoms with van der Waals surface area (Å²) in [6.07, 6.45) is 1.19. The molecule has 29 heavy (non-hydrogen) atoms. The zero-order chi connectivity index (χ0) is 20.4. The molecule has 0 bridgehead atoms. The van der Waals surface area contributed by atoms with Gasteiger partial charge in [0.2, 0.25) is 5.91 Å². The van der Waals surface area contributed by atoms with Crippen LogP contribution in [0.1, 0.15) is 19.8 Å². The van der Waals surface area contributed by atoms with Crippen molar-refractivity contribution >= 4 is 40.9 Å². The van der Waals surface area contributed by atoms with E-state index in [2.05, 4.69) is 10.2 Å². The summed E-state index contributed by atoms with van der Waals surface area (Å²) >= 11 is 1.60. The van der Waals surface area contributed by atoms with Gasteiger partial charge in [0.05, 0.1) is 18.1 Å². The van der Waals surface area contributed by atoms with E-state index in [4.69, 9.17) is 9.47 Å². The Balaban J connectivity index is 1.27. The van der Waals surface area contributed by atoms with Gasteiger partial charge in [-0.1, -0.05) is 0 Å². The molecule has 3 aliphatic heterocycles. The summed E-state index contributed by atoms with van der Waals surface area (Å²) in [5, 5.41) is 2.74. The summed E-state index contributed by atoms with van der Waals surface area (Å²) in [6.45, 7) is 4.73. The molecule has 0 aromatic heterocycles. The van der Waals surface area contributed by atoms with E-state index in [0.29, 0.717) is 31.1 Å². The maximum Gasteiger partial charge on any atom is 0.330 e. The third-order valence-electron chi connectivity index (χ3n) is 5.59. The molecule has 3 saturated heterocycles. The van der Waals surface area contributed by atoms with E-state index in [1.165, 1.54) is 0 Å². The molecule has 0 unspecified atom stereocenters. The van der Waals surface area contributed by atoms with Crippen molar-refractivity contribution < 1.29 is 23.9 Å². The first-order valence-electron chi connectivity index (χ1n) is 9.82. The molecule has 0 radical (unpaired) electrons. The van der Waals surface area contributed by atoms with E-state index in [0.717, 1.165) is 25.2 Å². The number of benzene rings is 1. The van der Waals surface area contributed by atoms with Crippen LogP contribution in [-0.2, 0) is 23.9 Å². The van der Waals surface area contributed by atoms with Crippen molar-refractivity contribution in [2.45, 2.75) is 30.7 Å². The van der Waals surface area contributed by atoms with Crippen molar-refractivity contribution in [1.82, 2.24) is 4.90 Å². The minimum atomic E-state index is -0.611. The number of esters is 1. The Bertz CT molecular complexity index is 796. The molecule has 0 aliphatic carbocycles. The molecule has 3 fully saturated rings. The third-order valence-corrected chi connectivity index (χ3v) is 7.09. The van der Waals surface area contributed by atoms with Crippen molar-refractivity contribution in [1.29, 1.82) is 0 Å². The second-order valence-corrected chi connectivity index (χ2v) is 9.07. The molecule has 1 N–H and O–H groups in total. The number of morpholine rings is 1. The summed E-state index contributed by atoms with van der Waals surface area (Å²) in [5.74, 6) is -0.441. The topological polar surface area (TPSA) is 88.2 Å². The third kappa shape index (κ3) is 4.20. The van der Waals surface area contributed by atoms with Crippen LogP contribution in [0.5, 0.6) is 0 Å². The number of nitrogens with zero attached hydrogens (tertiary/aromatic N) is 2. The lowest BCUT2D eigenvalue weighted by molar-refractivity contribution is -0.155. The highest BCUT2D eigenvalue weighted by atomic mass is 32.2. The van der Waals surface area contributed by atoms with E-state index in [9.17, 15) is 14.4 Å². The maximum atomic E-state index is 12.4. The van der Waals surface area contributed by atoms with Crippen molar-refractivity contribution in [3.05, 3.63) is 24.3 Å². The molecular formula is C20H25N3O5S. The maximum absolute atomic E-state index is 12.4.